The van der Waals surface area contributed by atoms with E-state index in [0.717, 1.165) is 12.3 Å². The molecule has 6 nitrogen and oxygen atoms in total. The van der Waals surface area contributed by atoms with Gasteiger partial charge in [-0.3, -0.25) is 0 Å². The maximum atomic E-state index is 5.84. The zero-order valence-electron chi connectivity index (χ0n) is 12.2. The number of benzene rings is 1. The van der Waals surface area contributed by atoms with Crippen molar-refractivity contribution in [3.05, 3.63) is 36.0 Å². The van der Waals surface area contributed by atoms with E-state index in [1.165, 1.54) is 0 Å². The van der Waals surface area contributed by atoms with E-state index in [0.29, 0.717) is 36.5 Å². The van der Waals surface area contributed by atoms with Crippen LogP contribution in [0.3, 0.4) is 0 Å². The van der Waals surface area contributed by atoms with Crippen LogP contribution in [0.4, 0.5) is 0 Å². The van der Waals surface area contributed by atoms with E-state index >= 15 is 0 Å². The first-order chi connectivity index (χ1) is 10.2. The zero-order chi connectivity index (χ0) is 14.7. The third-order valence-corrected chi connectivity index (χ3v) is 3.11. The number of fused-ring (bicyclic) bond motifs is 1. The lowest BCUT2D eigenvalue weighted by Crippen LogP contribution is -2.23. The highest BCUT2D eigenvalue weighted by Gasteiger charge is 2.26. The average molecular weight is 289 g/mol. The molecule has 2 aromatic rings. The molecule has 0 aliphatic carbocycles. The van der Waals surface area contributed by atoms with E-state index in [4.69, 9.17) is 14.0 Å². The van der Waals surface area contributed by atoms with Crippen LogP contribution in [-0.4, -0.2) is 23.3 Å². The van der Waals surface area contributed by atoms with E-state index in [-0.39, 0.29) is 6.10 Å². The van der Waals surface area contributed by atoms with Crippen LogP contribution in [0.25, 0.3) is 0 Å². The van der Waals surface area contributed by atoms with Gasteiger partial charge in [0.25, 0.3) is 0 Å². The van der Waals surface area contributed by atoms with Gasteiger partial charge in [-0.1, -0.05) is 31.1 Å². The summed E-state index contributed by atoms with van der Waals surface area (Å²) in [7, 11) is 0. The normalized spacial score (nSPS) is 17.2. The fourth-order valence-corrected chi connectivity index (χ4v) is 2.09. The first-order valence-electron chi connectivity index (χ1n) is 7.14. The van der Waals surface area contributed by atoms with Crippen LogP contribution < -0.4 is 14.8 Å². The van der Waals surface area contributed by atoms with Crippen LogP contribution >= 0.6 is 0 Å². The molecule has 1 aliphatic heterocycles. The van der Waals surface area contributed by atoms with E-state index < -0.39 is 0 Å². The van der Waals surface area contributed by atoms with Gasteiger partial charge < -0.3 is 19.3 Å². The van der Waals surface area contributed by atoms with E-state index in [2.05, 4.69) is 29.3 Å². The number of rotatable bonds is 5. The molecule has 6 heteroatoms. The Morgan fingerprint density at radius 3 is 2.90 bits per heavy atom. The van der Waals surface area contributed by atoms with Crippen LogP contribution in [0.15, 0.2) is 28.8 Å². The van der Waals surface area contributed by atoms with E-state index in [9.17, 15) is 0 Å². The zero-order valence-corrected chi connectivity index (χ0v) is 12.2. The number of ether oxygens (including phenoxy) is 2. The van der Waals surface area contributed by atoms with Gasteiger partial charge in [-0.15, -0.1) is 0 Å². The molecule has 0 saturated heterocycles. The Hall–Kier alpha value is -2.08. The molecule has 0 radical (unpaired) electrons. The Bertz CT molecular complexity index is 597. The van der Waals surface area contributed by atoms with Crippen molar-refractivity contribution in [3.63, 3.8) is 0 Å². The number of nitrogens with zero attached hydrogens (tertiary/aromatic N) is 2. The summed E-state index contributed by atoms with van der Waals surface area (Å²) in [5.74, 6) is 3.12. The maximum absolute atomic E-state index is 5.84. The molecule has 0 fully saturated rings. The fourth-order valence-electron chi connectivity index (χ4n) is 2.09. The Labute approximate surface area is 123 Å². The standard InChI is InChI=1S/C15H19N3O3/c1-10(2)7-16-8-14-17-15(18-21-14)13-9-19-11-5-3-4-6-12(11)20-13/h3-6,10,13,16H,7-9H2,1-2H3. The molecule has 1 aromatic heterocycles. The Morgan fingerprint density at radius 2 is 2.10 bits per heavy atom. The molecule has 2 heterocycles. The molecular formula is C15H19N3O3. The highest BCUT2D eigenvalue weighted by atomic mass is 16.6. The van der Waals surface area contributed by atoms with Gasteiger partial charge in [0.2, 0.25) is 11.7 Å². The van der Waals surface area contributed by atoms with Crippen LogP contribution in [0.2, 0.25) is 0 Å². The van der Waals surface area contributed by atoms with Crippen molar-refractivity contribution in [1.82, 2.24) is 15.5 Å². The molecule has 112 valence electrons. The molecule has 1 aliphatic rings. The van der Waals surface area contributed by atoms with Crippen molar-refractivity contribution in [2.45, 2.75) is 26.5 Å². The Kier molecular flexibility index (Phi) is 4.06. The smallest absolute Gasteiger partial charge is 0.240 e. The van der Waals surface area contributed by atoms with Crippen molar-refractivity contribution in [2.75, 3.05) is 13.2 Å². The lowest BCUT2D eigenvalue weighted by molar-refractivity contribution is 0.0832. The Balaban J connectivity index is 1.62. The molecular weight excluding hydrogens is 270 g/mol. The van der Waals surface area contributed by atoms with Crippen LogP contribution in [0.5, 0.6) is 11.5 Å². The summed E-state index contributed by atoms with van der Waals surface area (Å²) in [5, 5.41) is 7.24. The monoisotopic (exact) mass is 289 g/mol. The lowest BCUT2D eigenvalue weighted by Gasteiger charge is -2.24. The molecule has 1 aromatic carbocycles. The maximum Gasteiger partial charge on any atom is 0.240 e. The van der Waals surface area contributed by atoms with Gasteiger partial charge in [-0.05, 0) is 24.6 Å². The minimum absolute atomic E-state index is 0.331. The van der Waals surface area contributed by atoms with Gasteiger partial charge in [0, 0.05) is 0 Å². The molecule has 0 amide bonds. The number of aromatic nitrogens is 2. The first kappa shape index (κ1) is 13.9. The molecule has 1 unspecified atom stereocenters. The number of hydrogen-bond acceptors (Lipinski definition) is 6. The van der Waals surface area contributed by atoms with Crippen molar-refractivity contribution < 1.29 is 14.0 Å². The van der Waals surface area contributed by atoms with Gasteiger partial charge in [0.05, 0.1) is 6.54 Å². The summed E-state index contributed by atoms with van der Waals surface area (Å²) in [6.45, 7) is 6.16. The van der Waals surface area contributed by atoms with Crippen molar-refractivity contribution in [3.8, 4) is 11.5 Å². The highest BCUT2D eigenvalue weighted by molar-refractivity contribution is 5.40. The van der Waals surface area contributed by atoms with Gasteiger partial charge in [0.1, 0.15) is 6.61 Å². The average Bonchev–Trinajstić information content (AvgIpc) is 2.95. The summed E-state index contributed by atoms with van der Waals surface area (Å²) in [6.07, 6.45) is -0.331. The van der Waals surface area contributed by atoms with Crippen molar-refractivity contribution >= 4 is 0 Å². The van der Waals surface area contributed by atoms with E-state index in [1.807, 2.05) is 24.3 Å². The predicted octanol–water partition coefficient (Wildman–Crippen LogP) is 2.33. The molecule has 1 atom stereocenters. The molecule has 1 N–H and O–H groups in total. The predicted molar refractivity (Wildman–Crippen MR) is 76.1 cm³/mol. The minimum Gasteiger partial charge on any atom is -0.485 e. The van der Waals surface area contributed by atoms with Crippen molar-refractivity contribution in [2.24, 2.45) is 5.92 Å². The summed E-state index contributed by atoms with van der Waals surface area (Å²) in [6, 6.07) is 7.56. The summed E-state index contributed by atoms with van der Waals surface area (Å²) >= 11 is 0. The highest BCUT2D eigenvalue weighted by Crippen LogP contribution is 2.34. The number of hydrogen-bond donors (Lipinski definition) is 1. The molecule has 0 bridgehead atoms. The lowest BCUT2D eigenvalue weighted by atomic mass is 10.2. The second kappa shape index (κ2) is 6.13. The summed E-state index contributed by atoms with van der Waals surface area (Å²) in [5.41, 5.74) is 0. The second-order valence-electron chi connectivity index (χ2n) is 5.44. The number of nitrogens with one attached hydrogen (secondary N) is 1. The van der Waals surface area contributed by atoms with Crippen molar-refractivity contribution in [1.29, 1.82) is 0 Å². The summed E-state index contributed by atoms with van der Waals surface area (Å²) in [4.78, 5) is 4.36. The summed E-state index contributed by atoms with van der Waals surface area (Å²) < 4.78 is 16.7. The van der Waals surface area contributed by atoms with Crippen LogP contribution in [0.1, 0.15) is 31.7 Å². The first-order valence-corrected chi connectivity index (χ1v) is 7.14. The number of para-hydroxylation sites is 2. The van der Waals surface area contributed by atoms with Gasteiger partial charge >= 0.3 is 0 Å². The molecule has 3 rings (SSSR count). The topological polar surface area (TPSA) is 69.4 Å². The Morgan fingerprint density at radius 1 is 1.29 bits per heavy atom. The minimum atomic E-state index is -0.331. The van der Waals surface area contributed by atoms with Gasteiger partial charge in [-0.25, -0.2) is 0 Å². The fraction of sp³-hybridized carbons (Fsp3) is 0.467. The third kappa shape index (κ3) is 3.33. The second-order valence-corrected chi connectivity index (χ2v) is 5.44. The van der Waals surface area contributed by atoms with Gasteiger partial charge in [-0.2, -0.15) is 4.98 Å². The molecule has 0 saturated carbocycles. The van der Waals surface area contributed by atoms with Gasteiger partial charge in [0.15, 0.2) is 17.6 Å². The quantitative estimate of drug-likeness (QED) is 0.911. The van der Waals surface area contributed by atoms with E-state index in [1.54, 1.807) is 0 Å². The molecule has 21 heavy (non-hydrogen) atoms. The third-order valence-electron chi connectivity index (χ3n) is 3.11. The largest absolute Gasteiger partial charge is 0.485 e. The SMILES string of the molecule is CC(C)CNCc1nc(C2COc3ccccc3O2)no1. The van der Waals surface area contributed by atoms with Crippen LogP contribution in [0, 0.1) is 5.92 Å². The van der Waals surface area contributed by atoms with Crippen LogP contribution in [-0.2, 0) is 6.54 Å². The molecule has 0 spiro atoms.